The van der Waals surface area contributed by atoms with Crippen molar-refractivity contribution in [1.29, 1.82) is 5.26 Å². The molecule has 172 valence electrons. The minimum Gasteiger partial charge on any atom is -0.490 e. The van der Waals surface area contributed by atoms with Crippen LogP contribution in [-0.2, 0) is 13.0 Å². The lowest BCUT2D eigenvalue weighted by molar-refractivity contribution is -0.384. The largest absolute Gasteiger partial charge is 0.490 e. The van der Waals surface area contributed by atoms with E-state index < -0.39 is 4.92 Å². The Morgan fingerprint density at radius 1 is 1.18 bits per heavy atom. The van der Waals surface area contributed by atoms with Crippen LogP contribution in [0.4, 0.5) is 10.1 Å². The fourth-order valence-corrected chi connectivity index (χ4v) is 3.37. The summed E-state index contributed by atoms with van der Waals surface area (Å²) in [6, 6.07) is 17.7. The van der Waals surface area contributed by atoms with Gasteiger partial charge in [0.05, 0.1) is 23.2 Å². The van der Waals surface area contributed by atoms with Gasteiger partial charge in [0.25, 0.3) is 5.69 Å². The van der Waals surface area contributed by atoms with Gasteiger partial charge in [-0.1, -0.05) is 30.3 Å². The number of nitro benzene ring substituents is 1. The van der Waals surface area contributed by atoms with Gasteiger partial charge in [0.2, 0.25) is 0 Å². The second kappa shape index (κ2) is 11.4. The van der Waals surface area contributed by atoms with Crippen molar-refractivity contribution in [3.05, 3.63) is 112 Å². The zero-order valence-corrected chi connectivity index (χ0v) is 18.7. The summed E-state index contributed by atoms with van der Waals surface area (Å²) in [5.41, 5.74) is 2.90. The van der Waals surface area contributed by atoms with E-state index in [1.165, 1.54) is 24.3 Å². The summed E-state index contributed by atoms with van der Waals surface area (Å²) in [6.07, 6.45) is 3.87. The van der Waals surface area contributed by atoms with Crippen LogP contribution in [0.1, 0.15) is 29.2 Å². The highest BCUT2D eigenvalue weighted by atomic mass is 19.1. The smallest absolute Gasteiger partial charge is 0.270 e. The van der Waals surface area contributed by atoms with Crippen molar-refractivity contribution in [2.45, 2.75) is 20.0 Å². The second-order valence-corrected chi connectivity index (χ2v) is 7.33. The van der Waals surface area contributed by atoms with Gasteiger partial charge in [-0.05, 0) is 60.4 Å². The quantitative estimate of drug-likeness (QED) is 0.114. The molecule has 0 aromatic heterocycles. The van der Waals surface area contributed by atoms with Crippen LogP contribution >= 0.6 is 0 Å². The predicted molar refractivity (Wildman–Crippen MR) is 129 cm³/mol. The van der Waals surface area contributed by atoms with Crippen molar-refractivity contribution >= 4 is 17.3 Å². The molecule has 0 fully saturated rings. The highest BCUT2D eigenvalue weighted by Crippen LogP contribution is 2.36. The number of nitro groups is 1. The summed E-state index contributed by atoms with van der Waals surface area (Å²) in [5.74, 6) is 0.711. The first-order chi connectivity index (χ1) is 16.4. The van der Waals surface area contributed by atoms with E-state index in [-0.39, 0.29) is 23.7 Å². The lowest BCUT2D eigenvalue weighted by Crippen LogP contribution is -2.03. The van der Waals surface area contributed by atoms with Crippen LogP contribution in [0.5, 0.6) is 11.5 Å². The lowest BCUT2D eigenvalue weighted by atomic mass is 10.0. The van der Waals surface area contributed by atoms with E-state index in [0.29, 0.717) is 35.7 Å². The summed E-state index contributed by atoms with van der Waals surface area (Å²) < 4.78 is 25.1. The number of hydrogen-bond acceptors (Lipinski definition) is 5. The van der Waals surface area contributed by atoms with E-state index in [4.69, 9.17) is 9.47 Å². The lowest BCUT2D eigenvalue weighted by Gasteiger charge is -2.17. The van der Waals surface area contributed by atoms with Crippen LogP contribution in [-0.4, -0.2) is 11.5 Å². The maximum atomic E-state index is 13.2. The standard InChI is InChI=1S/C27H23FN2O4/c1-3-6-22-13-20(14-23(17-29)21-7-5-8-25(16-21)30(31)32)15-26(33-4-2)27(22)34-18-19-9-11-24(28)12-10-19/h3,5,7-16H,1,4,6,18H2,2H3. The number of ether oxygens (including phenoxy) is 2. The summed E-state index contributed by atoms with van der Waals surface area (Å²) in [5, 5.41) is 20.8. The van der Waals surface area contributed by atoms with Gasteiger partial charge in [-0.3, -0.25) is 10.1 Å². The number of allylic oxidation sites excluding steroid dienone is 2. The molecule has 0 spiro atoms. The molecule has 0 bridgehead atoms. The van der Waals surface area contributed by atoms with E-state index in [9.17, 15) is 19.8 Å². The molecule has 0 atom stereocenters. The molecule has 0 saturated carbocycles. The molecule has 3 aromatic carbocycles. The average molecular weight is 458 g/mol. The Morgan fingerprint density at radius 3 is 2.59 bits per heavy atom. The molecule has 34 heavy (non-hydrogen) atoms. The third-order valence-electron chi connectivity index (χ3n) is 4.91. The molecule has 0 N–H and O–H groups in total. The molecular formula is C27H23FN2O4. The third-order valence-corrected chi connectivity index (χ3v) is 4.91. The molecular weight excluding hydrogens is 435 g/mol. The molecule has 0 aliphatic carbocycles. The highest BCUT2D eigenvalue weighted by molar-refractivity contribution is 5.90. The number of hydrogen-bond donors (Lipinski definition) is 0. The van der Waals surface area contributed by atoms with Crippen molar-refractivity contribution in [2.24, 2.45) is 0 Å². The van der Waals surface area contributed by atoms with E-state index >= 15 is 0 Å². The molecule has 0 aliphatic rings. The summed E-state index contributed by atoms with van der Waals surface area (Å²) in [4.78, 5) is 10.6. The van der Waals surface area contributed by atoms with Crippen LogP contribution in [0.3, 0.4) is 0 Å². The molecule has 6 nitrogen and oxygen atoms in total. The van der Waals surface area contributed by atoms with Crippen LogP contribution < -0.4 is 9.47 Å². The van der Waals surface area contributed by atoms with E-state index in [1.54, 1.807) is 42.5 Å². The Morgan fingerprint density at radius 2 is 1.94 bits per heavy atom. The second-order valence-electron chi connectivity index (χ2n) is 7.33. The molecule has 7 heteroatoms. The fraction of sp³-hybridized carbons (Fsp3) is 0.148. The molecule has 0 saturated heterocycles. The monoisotopic (exact) mass is 458 g/mol. The number of rotatable bonds is 10. The van der Waals surface area contributed by atoms with Crippen molar-refractivity contribution in [2.75, 3.05) is 6.61 Å². The molecule has 0 aliphatic heterocycles. The normalized spacial score (nSPS) is 10.9. The topological polar surface area (TPSA) is 85.4 Å². The summed E-state index contributed by atoms with van der Waals surface area (Å²) in [6.45, 7) is 6.27. The predicted octanol–water partition coefficient (Wildman–Crippen LogP) is 6.50. The number of benzene rings is 3. The SMILES string of the molecule is C=CCc1cc(C=C(C#N)c2cccc([N+](=O)[O-])c2)cc(OCC)c1OCc1ccc(F)cc1. The Hall–Kier alpha value is -4.44. The fourth-order valence-electron chi connectivity index (χ4n) is 3.37. The minimum absolute atomic E-state index is 0.0921. The molecule has 0 heterocycles. The van der Waals surface area contributed by atoms with E-state index in [2.05, 4.69) is 12.6 Å². The Balaban J connectivity index is 2.01. The van der Waals surface area contributed by atoms with Crippen LogP contribution in [0.25, 0.3) is 11.6 Å². The average Bonchev–Trinajstić information content (AvgIpc) is 2.83. The van der Waals surface area contributed by atoms with Crippen molar-refractivity contribution in [3.63, 3.8) is 0 Å². The van der Waals surface area contributed by atoms with Crippen LogP contribution in [0, 0.1) is 27.3 Å². The zero-order chi connectivity index (χ0) is 24.5. The van der Waals surface area contributed by atoms with Gasteiger partial charge >= 0.3 is 0 Å². The van der Waals surface area contributed by atoms with Gasteiger partial charge in [-0.25, -0.2) is 4.39 Å². The van der Waals surface area contributed by atoms with Crippen molar-refractivity contribution in [1.82, 2.24) is 0 Å². The van der Waals surface area contributed by atoms with Gasteiger partial charge in [0, 0.05) is 17.7 Å². The first kappa shape index (κ1) is 24.2. The van der Waals surface area contributed by atoms with Gasteiger partial charge in [-0.15, -0.1) is 6.58 Å². The minimum atomic E-state index is -0.499. The Kier molecular flexibility index (Phi) is 8.14. The van der Waals surface area contributed by atoms with Gasteiger partial charge in [-0.2, -0.15) is 5.26 Å². The Bertz CT molecular complexity index is 1260. The van der Waals surface area contributed by atoms with Crippen LogP contribution in [0.2, 0.25) is 0 Å². The maximum Gasteiger partial charge on any atom is 0.270 e. The van der Waals surface area contributed by atoms with Gasteiger partial charge in [0.1, 0.15) is 12.4 Å². The first-order valence-electron chi connectivity index (χ1n) is 10.6. The van der Waals surface area contributed by atoms with Crippen molar-refractivity contribution < 1.29 is 18.8 Å². The molecule has 3 rings (SSSR count). The number of non-ortho nitro benzene ring substituents is 1. The number of nitriles is 1. The van der Waals surface area contributed by atoms with Crippen molar-refractivity contribution in [3.8, 4) is 17.6 Å². The summed E-state index contributed by atoms with van der Waals surface area (Å²) in [7, 11) is 0. The van der Waals surface area contributed by atoms with Gasteiger partial charge < -0.3 is 9.47 Å². The summed E-state index contributed by atoms with van der Waals surface area (Å²) >= 11 is 0. The highest BCUT2D eigenvalue weighted by Gasteiger charge is 2.15. The number of nitrogens with zero attached hydrogens (tertiary/aromatic N) is 2. The van der Waals surface area contributed by atoms with Crippen LogP contribution in [0.15, 0.2) is 73.3 Å². The Labute approximate surface area is 197 Å². The van der Waals surface area contributed by atoms with E-state index in [1.807, 2.05) is 13.0 Å². The first-order valence-corrected chi connectivity index (χ1v) is 10.6. The number of halogens is 1. The molecule has 3 aromatic rings. The van der Waals surface area contributed by atoms with E-state index in [0.717, 1.165) is 11.1 Å². The zero-order valence-electron chi connectivity index (χ0n) is 18.7. The molecule has 0 radical (unpaired) electrons. The maximum absolute atomic E-state index is 13.2. The third kappa shape index (κ3) is 6.08. The molecule has 0 amide bonds. The molecule has 0 unspecified atom stereocenters. The van der Waals surface area contributed by atoms with Gasteiger partial charge in [0.15, 0.2) is 11.5 Å².